The van der Waals surface area contributed by atoms with Crippen molar-refractivity contribution in [3.8, 4) is 0 Å². The SMILES string of the molecule is Cc1ccc(S(=O)(=O)CCC(=O)N2CCN(S(=O)(=O)c3cnn(C)c3)CC2)cc1. The number of sulfone groups is 1. The van der Waals surface area contributed by atoms with Gasteiger partial charge >= 0.3 is 0 Å². The van der Waals surface area contributed by atoms with Crippen molar-refractivity contribution in [2.75, 3.05) is 31.9 Å². The number of hydrogen-bond donors (Lipinski definition) is 0. The van der Waals surface area contributed by atoms with Crippen molar-refractivity contribution in [2.24, 2.45) is 7.05 Å². The first-order valence-electron chi connectivity index (χ1n) is 9.15. The summed E-state index contributed by atoms with van der Waals surface area (Å²) in [5.74, 6) is -0.567. The zero-order valence-electron chi connectivity index (χ0n) is 16.4. The number of carbonyl (C=O) groups excluding carboxylic acids is 1. The van der Waals surface area contributed by atoms with Crippen molar-refractivity contribution in [1.29, 1.82) is 0 Å². The standard InChI is InChI=1S/C18H24N4O5S2/c1-15-3-5-16(6-4-15)28(24,25)12-7-18(23)21-8-10-22(11-9-21)29(26,27)17-13-19-20(2)14-17/h3-6,13-14H,7-12H2,1-2H3. The molecule has 9 nitrogen and oxygen atoms in total. The summed E-state index contributed by atoms with van der Waals surface area (Å²) >= 11 is 0. The molecule has 0 saturated carbocycles. The first-order chi connectivity index (χ1) is 13.6. The number of aromatic nitrogens is 2. The fourth-order valence-electron chi connectivity index (χ4n) is 3.10. The second-order valence-electron chi connectivity index (χ2n) is 7.02. The molecule has 1 amide bonds. The van der Waals surface area contributed by atoms with Gasteiger partial charge in [-0.25, -0.2) is 16.8 Å². The number of sulfonamides is 1. The third-order valence-corrected chi connectivity index (χ3v) is 8.46. The topological polar surface area (TPSA) is 110 Å². The fraction of sp³-hybridized carbons (Fsp3) is 0.444. The molecule has 0 radical (unpaired) electrons. The average Bonchev–Trinajstić information content (AvgIpc) is 3.14. The van der Waals surface area contributed by atoms with Gasteiger partial charge in [-0.2, -0.15) is 9.40 Å². The van der Waals surface area contributed by atoms with Crippen molar-refractivity contribution in [2.45, 2.75) is 23.1 Å². The van der Waals surface area contributed by atoms with E-state index in [0.717, 1.165) is 5.56 Å². The van der Waals surface area contributed by atoms with Crippen molar-refractivity contribution in [3.63, 3.8) is 0 Å². The molecular formula is C18H24N4O5S2. The van der Waals surface area contributed by atoms with Gasteiger partial charge in [-0.1, -0.05) is 17.7 Å². The summed E-state index contributed by atoms with van der Waals surface area (Å²) in [5, 5.41) is 3.89. The van der Waals surface area contributed by atoms with Gasteiger partial charge in [0.1, 0.15) is 4.90 Å². The van der Waals surface area contributed by atoms with Crippen LogP contribution in [0.5, 0.6) is 0 Å². The molecule has 3 rings (SSSR count). The number of aryl methyl sites for hydroxylation is 2. The molecule has 1 fully saturated rings. The van der Waals surface area contributed by atoms with Gasteiger partial charge in [0.05, 0.1) is 16.8 Å². The predicted molar refractivity (Wildman–Crippen MR) is 106 cm³/mol. The molecule has 11 heteroatoms. The molecule has 0 unspecified atom stereocenters. The van der Waals surface area contributed by atoms with E-state index in [2.05, 4.69) is 5.10 Å². The van der Waals surface area contributed by atoms with Crippen LogP contribution in [0.3, 0.4) is 0 Å². The number of nitrogens with zero attached hydrogens (tertiary/aromatic N) is 4. The fourth-order valence-corrected chi connectivity index (χ4v) is 5.74. The Morgan fingerprint density at radius 2 is 1.62 bits per heavy atom. The average molecular weight is 441 g/mol. The molecule has 1 aliphatic heterocycles. The highest BCUT2D eigenvalue weighted by molar-refractivity contribution is 7.91. The van der Waals surface area contributed by atoms with Crippen LogP contribution in [0.4, 0.5) is 0 Å². The number of hydrogen-bond acceptors (Lipinski definition) is 6. The number of rotatable bonds is 6. The summed E-state index contributed by atoms with van der Waals surface area (Å²) in [4.78, 5) is 14.3. The van der Waals surface area contributed by atoms with Gasteiger partial charge in [0.15, 0.2) is 9.84 Å². The van der Waals surface area contributed by atoms with E-state index in [1.165, 1.54) is 38.4 Å². The first-order valence-corrected chi connectivity index (χ1v) is 12.2. The lowest BCUT2D eigenvalue weighted by atomic mass is 10.2. The number of amides is 1. The number of carbonyl (C=O) groups is 1. The van der Waals surface area contributed by atoms with Gasteiger partial charge < -0.3 is 4.90 Å². The summed E-state index contributed by atoms with van der Waals surface area (Å²) in [6.45, 7) is 2.64. The van der Waals surface area contributed by atoms with Gasteiger partial charge in [-0.05, 0) is 19.1 Å². The minimum atomic E-state index is -3.65. The summed E-state index contributed by atoms with van der Waals surface area (Å²) in [5.41, 5.74) is 0.958. The smallest absolute Gasteiger partial charge is 0.246 e. The Morgan fingerprint density at radius 3 is 2.17 bits per heavy atom. The van der Waals surface area contributed by atoms with Crippen LogP contribution in [0.25, 0.3) is 0 Å². The van der Waals surface area contributed by atoms with Crippen LogP contribution in [-0.2, 0) is 31.7 Å². The van der Waals surface area contributed by atoms with Crippen LogP contribution in [0.15, 0.2) is 46.5 Å². The van der Waals surface area contributed by atoms with Crippen LogP contribution < -0.4 is 0 Å². The van der Waals surface area contributed by atoms with Gasteiger partial charge in [0.25, 0.3) is 0 Å². The van der Waals surface area contributed by atoms with E-state index in [-0.39, 0.29) is 54.1 Å². The molecule has 1 aromatic carbocycles. The normalized spacial score (nSPS) is 16.1. The first kappa shape index (κ1) is 21.5. The highest BCUT2D eigenvalue weighted by Gasteiger charge is 2.31. The highest BCUT2D eigenvalue weighted by Crippen LogP contribution is 2.18. The lowest BCUT2D eigenvalue weighted by Gasteiger charge is -2.33. The second kappa shape index (κ2) is 8.25. The number of benzene rings is 1. The Bertz CT molecular complexity index is 1080. The Balaban J connectivity index is 1.55. The van der Waals surface area contributed by atoms with E-state index < -0.39 is 19.9 Å². The molecule has 2 heterocycles. The summed E-state index contributed by atoms with van der Waals surface area (Å²) in [7, 11) is -5.55. The summed E-state index contributed by atoms with van der Waals surface area (Å²) in [6.07, 6.45) is 2.59. The molecule has 158 valence electrons. The van der Waals surface area contributed by atoms with Crippen LogP contribution in [-0.4, -0.2) is 73.7 Å². The molecule has 1 aliphatic rings. The minimum absolute atomic E-state index is 0.115. The Morgan fingerprint density at radius 1 is 1.00 bits per heavy atom. The van der Waals surface area contributed by atoms with Gasteiger partial charge in [0.2, 0.25) is 15.9 Å². The Labute approximate surface area is 170 Å². The third kappa shape index (κ3) is 4.85. The van der Waals surface area contributed by atoms with Crippen LogP contribution >= 0.6 is 0 Å². The molecule has 1 saturated heterocycles. The summed E-state index contributed by atoms with van der Waals surface area (Å²) in [6, 6.07) is 6.52. The van der Waals surface area contributed by atoms with Crippen LogP contribution in [0.2, 0.25) is 0 Å². The van der Waals surface area contributed by atoms with Crippen molar-refractivity contribution in [3.05, 3.63) is 42.2 Å². The molecule has 0 atom stereocenters. The monoisotopic (exact) mass is 440 g/mol. The maximum absolute atomic E-state index is 12.6. The van der Waals surface area contributed by atoms with Gasteiger partial charge in [-0.15, -0.1) is 0 Å². The molecular weight excluding hydrogens is 416 g/mol. The van der Waals surface area contributed by atoms with Gasteiger partial charge in [-0.3, -0.25) is 9.48 Å². The van der Waals surface area contributed by atoms with E-state index in [1.807, 2.05) is 6.92 Å². The second-order valence-corrected chi connectivity index (χ2v) is 11.1. The maximum Gasteiger partial charge on any atom is 0.246 e. The molecule has 29 heavy (non-hydrogen) atoms. The Hall–Kier alpha value is -2.24. The maximum atomic E-state index is 12.6. The molecule has 0 bridgehead atoms. The third-order valence-electron chi connectivity index (χ3n) is 4.88. The predicted octanol–water partition coefficient (Wildman–Crippen LogP) is 0.425. The van der Waals surface area contributed by atoms with Crippen molar-refractivity contribution < 1.29 is 21.6 Å². The summed E-state index contributed by atoms with van der Waals surface area (Å²) < 4.78 is 52.8. The van der Waals surface area contributed by atoms with Crippen LogP contribution in [0.1, 0.15) is 12.0 Å². The van der Waals surface area contributed by atoms with E-state index in [9.17, 15) is 21.6 Å². The zero-order chi connectivity index (χ0) is 21.2. The van der Waals surface area contributed by atoms with Crippen LogP contribution in [0, 0.1) is 6.92 Å². The van der Waals surface area contributed by atoms with Crippen molar-refractivity contribution in [1.82, 2.24) is 19.0 Å². The van der Waals surface area contributed by atoms with E-state index >= 15 is 0 Å². The minimum Gasteiger partial charge on any atom is -0.340 e. The molecule has 1 aromatic heterocycles. The molecule has 2 aromatic rings. The molecule has 0 N–H and O–H groups in total. The van der Waals surface area contributed by atoms with E-state index in [4.69, 9.17) is 0 Å². The molecule has 0 spiro atoms. The van der Waals surface area contributed by atoms with Gasteiger partial charge in [0, 0.05) is 45.8 Å². The van der Waals surface area contributed by atoms with E-state index in [1.54, 1.807) is 19.2 Å². The quantitative estimate of drug-likeness (QED) is 0.644. The lowest BCUT2D eigenvalue weighted by molar-refractivity contribution is -0.131. The Kier molecular flexibility index (Phi) is 6.11. The number of piperazine rings is 1. The highest BCUT2D eigenvalue weighted by atomic mass is 32.2. The molecule has 0 aliphatic carbocycles. The lowest BCUT2D eigenvalue weighted by Crippen LogP contribution is -2.50. The van der Waals surface area contributed by atoms with E-state index in [0.29, 0.717) is 0 Å². The largest absolute Gasteiger partial charge is 0.340 e. The zero-order valence-corrected chi connectivity index (χ0v) is 18.0. The van der Waals surface area contributed by atoms with Crippen molar-refractivity contribution >= 4 is 25.8 Å².